The number of isocyanates is 2. The van der Waals surface area contributed by atoms with Crippen LogP contribution in [0.25, 0.3) is 0 Å². The smallest absolute Gasteiger partial charge is 0.234 e. The highest BCUT2D eigenvalue weighted by molar-refractivity contribution is 5.75. The van der Waals surface area contributed by atoms with Crippen LogP contribution in [0.4, 0.5) is 0 Å². The van der Waals surface area contributed by atoms with E-state index in [0.717, 1.165) is 38.6 Å². The molecule has 0 bridgehead atoms. The number of nitrogens with zero attached hydrogens (tertiary/aromatic N) is 2. The highest BCUT2D eigenvalue weighted by Crippen LogP contribution is 2.02. The van der Waals surface area contributed by atoms with Crippen LogP contribution >= 0.6 is 0 Å². The van der Waals surface area contributed by atoms with E-state index in [4.69, 9.17) is 0 Å². The monoisotopic (exact) mass is 253 g/mol. The SMILES string of the molecule is O=C1CCCCCN1.O=C=NCCCCN=C=O. The zero-order valence-electron chi connectivity index (χ0n) is 10.5. The van der Waals surface area contributed by atoms with E-state index >= 15 is 0 Å². The molecule has 0 atom stereocenters. The summed E-state index contributed by atoms with van der Waals surface area (Å²) in [5.74, 6) is 0.225. The minimum absolute atomic E-state index is 0.225. The van der Waals surface area contributed by atoms with Crippen LogP contribution < -0.4 is 5.32 Å². The third-order valence-electron chi connectivity index (χ3n) is 2.32. The van der Waals surface area contributed by atoms with Gasteiger partial charge in [-0.15, -0.1) is 0 Å². The van der Waals surface area contributed by atoms with Gasteiger partial charge in [-0.3, -0.25) is 4.79 Å². The van der Waals surface area contributed by atoms with E-state index in [1.54, 1.807) is 0 Å². The Labute approximate surface area is 107 Å². The van der Waals surface area contributed by atoms with Crippen molar-refractivity contribution in [1.82, 2.24) is 5.32 Å². The number of hydrogen-bond acceptors (Lipinski definition) is 5. The number of hydrogen-bond donors (Lipinski definition) is 1. The van der Waals surface area contributed by atoms with Crippen LogP contribution in [0.15, 0.2) is 9.98 Å². The van der Waals surface area contributed by atoms with Crippen molar-refractivity contribution in [1.29, 1.82) is 0 Å². The highest BCUT2D eigenvalue weighted by Gasteiger charge is 2.03. The van der Waals surface area contributed by atoms with E-state index in [1.165, 1.54) is 18.6 Å². The topological polar surface area (TPSA) is 88.0 Å². The first-order valence-electron chi connectivity index (χ1n) is 6.15. The van der Waals surface area contributed by atoms with Gasteiger partial charge in [-0.25, -0.2) is 19.6 Å². The summed E-state index contributed by atoms with van der Waals surface area (Å²) in [5, 5.41) is 2.81. The lowest BCUT2D eigenvalue weighted by Crippen LogP contribution is -2.21. The van der Waals surface area contributed by atoms with Gasteiger partial charge in [0.05, 0.1) is 13.1 Å². The van der Waals surface area contributed by atoms with E-state index in [-0.39, 0.29) is 5.91 Å². The molecule has 1 aliphatic rings. The number of carbonyl (C=O) groups is 1. The van der Waals surface area contributed by atoms with Crippen LogP contribution in [0.3, 0.4) is 0 Å². The summed E-state index contributed by atoms with van der Waals surface area (Å²) in [6, 6.07) is 0. The summed E-state index contributed by atoms with van der Waals surface area (Å²) in [7, 11) is 0. The third-order valence-corrected chi connectivity index (χ3v) is 2.32. The van der Waals surface area contributed by atoms with Crippen molar-refractivity contribution in [2.24, 2.45) is 9.98 Å². The zero-order chi connectivity index (χ0) is 13.5. The second-order valence-corrected chi connectivity index (χ2v) is 3.81. The van der Waals surface area contributed by atoms with E-state index in [1.807, 2.05) is 0 Å². The molecule has 0 radical (unpaired) electrons. The van der Waals surface area contributed by atoms with Crippen molar-refractivity contribution in [3.05, 3.63) is 0 Å². The summed E-state index contributed by atoms with van der Waals surface area (Å²) < 4.78 is 0. The molecule has 6 heteroatoms. The quantitative estimate of drug-likeness (QED) is 0.452. The molecule has 1 aliphatic heterocycles. The Balaban J connectivity index is 0.000000327. The van der Waals surface area contributed by atoms with Gasteiger partial charge in [-0.2, -0.15) is 0 Å². The Bertz CT molecular complexity index is 289. The van der Waals surface area contributed by atoms with Crippen molar-refractivity contribution in [2.45, 2.75) is 38.5 Å². The first-order chi connectivity index (χ1) is 8.81. The summed E-state index contributed by atoms with van der Waals surface area (Å²) in [6.07, 6.45) is 8.56. The summed E-state index contributed by atoms with van der Waals surface area (Å²) in [4.78, 5) is 36.3. The molecule has 1 saturated heterocycles. The van der Waals surface area contributed by atoms with E-state index in [0.29, 0.717) is 13.1 Å². The van der Waals surface area contributed by atoms with Gasteiger partial charge in [-0.05, 0) is 25.7 Å². The molecule has 0 aromatic rings. The maximum absolute atomic E-state index is 10.6. The van der Waals surface area contributed by atoms with Gasteiger partial charge in [0.15, 0.2) is 0 Å². The standard InChI is InChI=1S/C6H8N2O2.C6H11NO/c9-5-7-3-1-2-4-8-6-10;8-6-4-2-1-3-5-7-6/h1-4H2;1-5H2,(H,7,8). The second kappa shape index (κ2) is 13.3. The van der Waals surface area contributed by atoms with E-state index in [9.17, 15) is 14.4 Å². The van der Waals surface area contributed by atoms with Crippen LogP contribution in [0, 0.1) is 0 Å². The highest BCUT2D eigenvalue weighted by atomic mass is 16.1. The molecule has 6 nitrogen and oxygen atoms in total. The lowest BCUT2D eigenvalue weighted by atomic mass is 10.2. The Morgan fingerprint density at radius 2 is 1.61 bits per heavy atom. The van der Waals surface area contributed by atoms with Crippen molar-refractivity contribution >= 4 is 18.1 Å². The average Bonchev–Trinajstić information content (AvgIpc) is 2.62. The zero-order valence-corrected chi connectivity index (χ0v) is 10.5. The maximum Gasteiger partial charge on any atom is 0.234 e. The van der Waals surface area contributed by atoms with Crippen LogP contribution in [0.1, 0.15) is 38.5 Å². The number of aliphatic imine (C=N–C) groups is 2. The largest absolute Gasteiger partial charge is 0.356 e. The first-order valence-corrected chi connectivity index (χ1v) is 6.15. The predicted octanol–water partition coefficient (Wildman–Crippen LogP) is 1.11. The minimum Gasteiger partial charge on any atom is -0.356 e. The normalized spacial score (nSPS) is 13.9. The molecule has 18 heavy (non-hydrogen) atoms. The molecular weight excluding hydrogens is 234 g/mol. The lowest BCUT2D eigenvalue weighted by Gasteiger charge is -1.93. The van der Waals surface area contributed by atoms with Crippen molar-refractivity contribution in [3.8, 4) is 0 Å². The van der Waals surface area contributed by atoms with E-state index in [2.05, 4.69) is 15.3 Å². The van der Waals surface area contributed by atoms with Gasteiger partial charge < -0.3 is 5.32 Å². The Morgan fingerprint density at radius 3 is 2.17 bits per heavy atom. The molecule has 0 aromatic carbocycles. The molecule has 0 aromatic heterocycles. The summed E-state index contributed by atoms with van der Waals surface area (Å²) in [6.45, 7) is 1.83. The van der Waals surface area contributed by atoms with Crippen LogP contribution in [-0.2, 0) is 14.4 Å². The fraction of sp³-hybridized carbons (Fsp3) is 0.750. The molecule has 100 valence electrons. The van der Waals surface area contributed by atoms with Crippen molar-refractivity contribution in [3.63, 3.8) is 0 Å². The van der Waals surface area contributed by atoms with Gasteiger partial charge >= 0.3 is 0 Å². The van der Waals surface area contributed by atoms with Gasteiger partial charge in [0.2, 0.25) is 18.1 Å². The first kappa shape index (κ1) is 16.2. The van der Waals surface area contributed by atoms with Crippen LogP contribution in [0.5, 0.6) is 0 Å². The number of unbranched alkanes of at least 4 members (excludes halogenated alkanes) is 1. The lowest BCUT2D eigenvalue weighted by molar-refractivity contribution is -0.120. The molecule has 0 aliphatic carbocycles. The third kappa shape index (κ3) is 12.3. The van der Waals surface area contributed by atoms with Crippen LogP contribution in [-0.4, -0.2) is 37.7 Å². The van der Waals surface area contributed by atoms with Crippen molar-refractivity contribution < 1.29 is 14.4 Å². The maximum atomic E-state index is 10.6. The van der Waals surface area contributed by atoms with Gasteiger partial charge in [-0.1, -0.05) is 6.42 Å². The van der Waals surface area contributed by atoms with Crippen molar-refractivity contribution in [2.75, 3.05) is 19.6 Å². The number of nitrogens with one attached hydrogen (secondary N) is 1. The Hall–Kier alpha value is -1.77. The molecule has 1 rings (SSSR count). The Kier molecular flexibility index (Phi) is 12.0. The minimum atomic E-state index is 0.225. The van der Waals surface area contributed by atoms with Gasteiger partial charge in [0.1, 0.15) is 0 Å². The number of carbonyl (C=O) groups excluding carboxylic acids is 3. The average molecular weight is 253 g/mol. The fourth-order valence-corrected chi connectivity index (χ4v) is 1.38. The second-order valence-electron chi connectivity index (χ2n) is 3.81. The molecule has 1 fully saturated rings. The summed E-state index contributed by atoms with van der Waals surface area (Å²) >= 11 is 0. The number of rotatable bonds is 5. The fourth-order valence-electron chi connectivity index (χ4n) is 1.38. The molecule has 1 amide bonds. The predicted molar refractivity (Wildman–Crippen MR) is 66.7 cm³/mol. The Morgan fingerprint density at radius 1 is 1.00 bits per heavy atom. The molecule has 1 heterocycles. The summed E-state index contributed by atoms with van der Waals surface area (Å²) in [5.41, 5.74) is 0. The van der Waals surface area contributed by atoms with Gasteiger partial charge in [0, 0.05) is 13.0 Å². The molecule has 1 N–H and O–H groups in total. The molecule has 0 saturated carbocycles. The van der Waals surface area contributed by atoms with E-state index < -0.39 is 0 Å². The molecular formula is C12H19N3O3. The van der Waals surface area contributed by atoms with Crippen LogP contribution in [0.2, 0.25) is 0 Å². The van der Waals surface area contributed by atoms with Gasteiger partial charge in [0.25, 0.3) is 0 Å². The molecule has 0 unspecified atom stereocenters. The molecule has 0 spiro atoms. The number of amides is 1.